The quantitative estimate of drug-likeness (QED) is 0.885. The van der Waals surface area contributed by atoms with Crippen molar-refractivity contribution >= 4 is 5.91 Å². The minimum Gasteiger partial charge on any atom is -0.337 e. The SMILES string of the molecule is O=C(c1cn(C2CNC2)nn1)N1CCC2CCCCC2C1. The minimum atomic E-state index is 0.0672. The van der Waals surface area contributed by atoms with Crippen LogP contribution >= 0.6 is 0 Å². The fourth-order valence-electron chi connectivity index (χ4n) is 3.96. The number of nitrogens with zero attached hydrogens (tertiary/aromatic N) is 4. The second-order valence-electron chi connectivity index (χ2n) is 6.74. The maximum absolute atomic E-state index is 12.6. The number of nitrogens with one attached hydrogen (secondary N) is 1. The van der Waals surface area contributed by atoms with Crippen molar-refractivity contribution in [3.05, 3.63) is 11.9 Å². The first-order valence-electron chi connectivity index (χ1n) is 8.23. The van der Waals surface area contributed by atoms with Crippen LogP contribution in [0.15, 0.2) is 6.20 Å². The van der Waals surface area contributed by atoms with Crippen LogP contribution in [0.4, 0.5) is 0 Å². The summed E-state index contributed by atoms with van der Waals surface area (Å²) < 4.78 is 1.83. The van der Waals surface area contributed by atoms with Crippen molar-refractivity contribution < 1.29 is 4.79 Å². The molecule has 3 aliphatic rings. The molecular formula is C15H23N5O. The molecule has 1 saturated carbocycles. The van der Waals surface area contributed by atoms with E-state index in [1.807, 2.05) is 15.8 Å². The van der Waals surface area contributed by atoms with Crippen LogP contribution in [-0.2, 0) is 0 Å². The molecule has 0 spiro atoms. The summed E-state index contributed by atoms with van der Waals surface area (Å²) in [5.74, 6) is 1.62. The van der Waals surface area contributed by atoms with E-state index in [4.69, 9.17) is 0 Å². The molecule has 1 aliphatic carbocycles. The maximum atomic E-state index is 12.6. The van der Waals surface area contributed by atoms with E-state index in [1.54, 1.807) is 0 Å². The van der Waals surface area contributed by atoms with Crippen molar-refractivity contribution in [2.24, 2.45) is 11.8 Å². The number of carbonyl (C=O) groups is 1. The summed E-state index contributed by atoms with van der Waals surface area (Å²) in [7, 11) is 0. The molecule has 0 radical (unpaired) electrons. The Bertz CT molecular complexity index is 524. The van der Waals surface area contributed by atoms with Crippen molar-refractivity contribution in [1.82, 2.24) is 25.2 Å². The lowest BCUT2D eigenvalue weighted by Crippen LogP contribution is -2.45. The molecule has 6 heteroatoms. The highest BCUT2D eigenvalue weighted by atomic mass is 16.2. The third-order valence-electron chi connectivity index (χ3n) is 5.44. The molecule has 2 aliphatic heterocycles. The zero-order valence-electron chi connectivity index (χ0n) is 12.4. The number of hydrogen-bond acceptors (Lipinski definition) is 4. The van der Waals surface area contributed by atoms with E-state index in [9.17, 15) is 4.79 Å². The van der Waals surface area contributed by atoms with Gasteiger partial charge in [0.05, 0.1) is 12.2 Å². The zero-order valence-corrected chi connectivity index (χ0v) is 12.4. The molecule has 4 rings (SSSR count). The van der Waals surface area contributed by atoms with Gasteiger partial charge in [0.2, 0.25) is 0 Å². The maximum Gasteiger partial charge on any atom is 0.276 e. The number of rotatable bonds is 2. The lowest BCUT2D eigenvalue weighted by atomic mass is 9.75. The Morgan fingerprint density at radius 2 is 2.00 bits per heavy atom. The monoisotopic (exact) mass is 289 g/mol. The molecular weight excluding hydrogens is 266 g/mol. The van der Waals surface area contributed by atoms with E-state index in [0.29, 0.717) is 17.7 Å². The summed E-state index contributed by atoms with van der Waals surface area (Å²) in [6.45, 7) is 3.65. The molecule has 2 saturated heterocycles. The number of aromatic nitrogens is 3. The molecule has 1 N–H and O–H groups in total. The Morgan fingerprint density at radius 3 is 2.76 bits per heavy atom. The number of hydrogen-bond donors (Lipinski definition) is 1. The third kappa shape index (κ3) is 2.46. The van der Waals surface area contributed by atoms with Crippen molar-refractivity contribution in [1.29, 1.82) is 0 Å². The Labute approximate surface area is 124 Å². The molecule has 1 aromatic heterocycles. The molecule has 3 fully saturated rings. The van der Waals surface area contributed by atoms with Crippen LogP contribution in [0.1, 0.15) is 48.6 Å². The van der Waals surface area contributed by atoms with Crippen LogP contribution in [0.2, 0.25) is 0 Å². The Kier molecular flexibility index (Phi) is 3.41. The van der Waals surface area contributed by atoms with Gasteiger partial charge in [-0.25, -0.2) is 4.68 Å². The highest BCUT2D eigenvalue weighted by Crippen LogP contribution is 2.36. The van der Waals surface area contributed by atoms with Crippen molar-refractivity contribution in [3.8, 4) is 0 Å². The Morgan fingerprint density at radius 1 is 1.19 bits per heavy atom. The first kappa shape index (κ1) is 13.2. The van der Waals surface area contributed by atoms with E-state index >= 15 is 0 Å². The molecule has 2 atom stereocenters. The molecule has 1 aromatic rings. The Hall–Kier alpha value is -1.43. The van der Waals surface area contributed by atoms with Crippen LogP contribution in [0, 0.1) is 11.8 Å². The molecule has 2 unspecified atom stereocenters. The van der Waals surface area contributed by atoms with Gasteiger partial charge in [0.15, 0.2) is 5.69 Å². The van der Waals surface area contributed by atoms with Gasteiger partial charge in [0, 0.05) is 26.2 Å². The first-order chi connectivity index (χ1) is 10.3. The van der Waals surface area contributed by atoms with Crippen LogP contribution in [0.25, 0.3) is 0 Å². The fourth-order valence-corrected chi connectivity index (χ4v) is 3.96. The Balaban J connectivity index is 1.43. The average molecular weight is 289 g/mol. The largest absolute Gasteiger partial charge is 0.337 e. The first-order valence-corrected chi connectivity index (χ1v) is 8.23. The van der Waals surface area contributed by atoms with Gasteiger partial charge in [-0.1, -0.05) is 24.5 Å². The van der Waals surface area contributed by atoms with E-state index in [-0.39, 0.29) is 5.91 Å². The van der Waals surface area contributed by atoms with Gasteiger partial charge in [0.25, 0.3) is 5.91 Å². The van der Waals surface area contributed by atoms with E-state index < -0.39 is 0 Å². The van der Waals surface area contributed by atoms with Crippen LogP contribution in [0.3, 0.4) is 0 Å². The minimum absolute atomic E-state index is 0.0672. The smallest absolute Gasteiger partial charge is 0.276 e. The van der Waals surface area contributed by atoms with E-state index in [0.717, 1.165) is 38.5 Å². The molecule has 3 heterocycles. The van der Waals surface area contributed by atoms with Crippen LogP contribution < -0.4 is 5.32 Å². The lowest BCUT2D eigenvalue weighted by Gasteiger charge is -2.41. The predicted octanol–water partition coefficient (Wildman–Crippen LogP) is 1.07. The highest BCUT2D eigenvalue weighted by Gasteiger charge is 2.34. The normalized spacial score (nSPS) is 29.8. The highest BCUT2D eigenvalue weighted by molar-refractivity contribution is 5.92. The summed E-state index contributed by atoms with van der Waals surface area (Å²) in [6.07, 6.45) is 8.33. The van der Waals surface area contributed by atoms with Gasteiger partial charge in [-0.05, 0) is 24.7 Å². The molecule has 0 aromatic carbocycles. The fraction of sp³-hybridized carbons (Fsp3) is 0.800. The number of likely N-dealkylation sites (tertiary alicyclic amines) is 1. The second-order valence-corrected chi connectivity index (χ2v) is 6.74. The van der Waals surface area contributed by atoms with Gasteiger partial charge >= 0.3 is 0 Å². The third-order valence-corrected chi connectivity index (χ3v) is 5.44. The van der Waals surface area contributed by atoms with Crippen LogP contribution in [-0.4, -0.2) is 52.0 Å². The van der Waals surface area contributed by atoms with Gasteiger partial charge in [0.1, 0.15) is 0 Å². The van der Waals surface area contributed by atoms with Gasteiger partial charge < -0.3 is 10.2 Å². The summed E-state index contributed by atoms with van der Waals surface area (Å²) >= 11 is 0. The molecule has 1 amide bonds. The van der Waals surface area contributed by atoms with Crippen LogP contribution in [0.5, 0.6) is 0 Å². The number of fused-ring (bicyclic) bond motifs is 1. The summed E-state index contributed by atoms with van der Waals surface area (Å²) in [5, 5.41) is 11.4. The van der Waals surface area contributed by atoms with Gasteiger partial charge in [-0.15, -0.1) is 5.10 Å². The van der Waals surface area contributed by atoms with Gasteiger partial charge in [-0.2, -0.15) is 0 Å². The summed E-state index contributed by atoms with van der Waals surface area (Å²) in [6, 6.07) is 0.364. The standard InChI is InChI=1S/C15H23N5O/c21-15(14-10-20(18-17-14)13-7-16-8-13)19-6-5-11-3-1-2-4-12(11)9-19/h10-13,16H,1-9H2. The van der Waals surface area contributed by atoms with Crippen molar-refractivity contribution in [2.45, 2.75) is 38.1 Å². The molecule has 114 valence electrons. The number of piperidine rings is 1. The van der Waals surface area contributed by atoms with E-state index in [2.05, 4.69) is 15.6 Å². The lowest BCUT2D eigenvalue weighted by molar-refractivity contribution is 0.0515. The topological polar surface area (TPSA) is 63.1 Å². The molecule has 0 bridgehead atoms. The van der Waals surface area contributed by atoms with E-state index in [1.165, 1.54) is 25.7 Å². The van der Waals surface area contributed by atoms with Crippen molar-refractivity contribution in [3.63, 3.8) is 0 Å². The summed E-state index contributed by atoms with van der Waals surface area (Å²) in [4.78, 5) is 14.6. The predicted molar refractivity (Wildman–Crippen MR) is 77.9 cm³/mol. The number of carbonyl (C=O) groups excluding carboxylic acids is 1. The van der Waals surface area contributed by atoms with Gasteiger partial charge in [-0.3, -0.25) is 4.79 Å². The summed E-state index contributed by atoms with van der Waals surface area (Å²) in [5.41, 5.74) is 0.510. The zero-order chi connectivity index (χ0) is 14.2. The van der Waals surface area contributed by atoms with Crippen molar-refractivity contribution in [2.75, 3.05) is 26.2 Å². The number of amides is 1. The molecule has 6 nitrogen and oxygen atoms in total. The average Bonchev–Trinajstić information content (AvgIpc) is 2.93. The second kappa shape index (κ2) is 5.40. The molecule has 21 heavy (non-hydrogen) atoms.